The molecule has 4 rings (SSSR count). The Labute approximate surface area is 206 Å². The summed E-state index contributed by atoms with van der Waals surface area (Å²) in [5.41, 5.74) is 4.59. The smallest absolute Gasteiger partial charge is 0.407 e. The zero-order chi connectivity index (χ0) is 24.8. The number of hydrogen-bond donors (Lipinski definition) is 3. The standard InChI is InChI=1S/C28H34N2O5/c1-2-8-25(26(31)29-16-18-9-7-10-19(15-18)27(32)33)30-28(34)35-17-24-22-13-5-3-11-20(22)21-12-4-6-14-23(21)24/h3-6,11-14,18-19,24-25H,2,7-10,15-17H2,1H3,(H,29,31)(H,30,34)(H,32,33). The Morgan fingerprint density at radius 3 is 2.31 bits per heavy atom. The summed E-state index contributed by atoms with van der Waals surface area (Å²) in [4.78, 5) is 36.8. The Morgan fingerprint density at radius 2 is 1.69 bits per heavy atom. The van der Waals surface area contributed by atoms with Gasteiger partial charge in [0.25, 0.3) is 0 Å². The average molecular weight is 479 g/mol. The monoisotopic (exact) mass is 478 g/mol. The molecule has 186 valence electrons. The molecule has 2 amide bonds. The fraction of sp³-hybridized carbons (Fsp3) is 0.464. The van der Waals surface area contributed by atoms with Gasteiger partial charge in [-0.1, -0.05) is 68.3 Å². The molecule has 7 nitrogen and oxygen atoms in total. The van der Waals surface area contributed by atoms with Crippen molar-refractivity contribution in [3.63, 3.8) is 0 Å². The second-order valence-electron chi connectivity index (χ2n) is 9.62. The normalized spacial score (nSPS) is 19.8. The van der Waals surface area contributed by atoms with Crippen molar-refractivity contribution in [2.24, 2.45) is 11.8 Å². The van der Waals surface area contributed by atoms with E-state index in [1.165, 1.54) is 0 Å². The lowest BCUT2D eigenvalue weighted by atomic mass is 9.81. The minimum Gasteiger partial charge on any atom is -0.481 e. The van der Waals surface area contributed by atoms with Gasteiger partial charge in [0.05, 0.1) is 5.92 Å². The van der Waals surface area contributed by atoms with Crippen LogP contribution in [0.25, 0.3) is 11.1 Å². The van der Waals surface area contributed by atoms with Crippen molar-refractivity contribution in [2.45, 2.75) is 57.4 Å². The molecule has 0 saturated heterocycles. The van der Waals surface area contributed by atoms with E-state index in [-0.39, 0.29) is 30.3 Å². The van der Waals surface area contributed by atoms with Gasteiger partial charge in [-0.2, -0.15) is 0 Å². The maximum atomic E-state index is 12.8. The Bertz CT molecular complexity index is 1020. The zero-order valence-corrected chi connectivity index (χ0v) is 20.2. The van der Waals surface area contributed by atoms with Crippen molar-refractivity contribution in [1.29, 1.82) is 0 Å². The molecule has 7 heteroatoms. The number of carbonyl (C=O) groups excluding carboxylic acids is 2. The van der Waals surface area contributed by atoms with Crippen molar-refractivity contribution in [3.05, 3.63) is 59.7 Å². The highest BCUT2D eigenvalue weighted by atomic mass is 16.5. The summed E-state index contributed by atoms with van der Waals surface area (Å²) in [6, 6.07) is 15.6. The van der Waals surface area contributed by atoms with Crippen LogP contribution in [0.2, 0.25) is 0 Å². The number of benzene rings is 2. The van der Waals surface area contributed by atoms with E-state index < -0.39 is 18.1 Å². The third-order valence-electron chi connectivity index (χ3n) is 7.23. The van der Waals surface area contributed by atoms with Gasteiger partial charge in [-0.05, 0) is 53.9 Å². The summed E-state index contributed by atoms with van der Waals surface area (Å²) in [6.45, 7) is 2.58. The number of alkyl carbamates (subject to hydrolysis) is 1. The maximum absolute atomic E-state index is 12.8. The molecule has 2 aliphatic carbocycles. The van der Waals surface area contributed by atoms with E-state index in [0.29, 0.717) is 25.8 Å². The molecule has 1 fully saturated rings. The highest BCUT2D eigenvalue weighted by molar-refractivity contribution is 5.85. The summed E-state index contributed by atoms with van der Waals surface area (Å²) in [5.74, 6) is -1.25. The number of fused-ring (bicyclic) bond motifs is 3. The van der Waals surface area contributed by atoms with Crippen LogP contribution in [0.3, 0.4) is 0 Å². The predicted molar refractivity (Wildman–Crippen MR) is 133 cm³/mol. The number of carbonyl (C=O) groups is 3. The van der Waals surface area contributed by atoms with Crippen molar-refractivity contribution in [1.82, 2.24) is 10.6 Å². The first-order chi connectivity index (χ1) is 17.0. The first-order valence-corrected chi connectivity index (χ1v) is 12.6. The van der Waals surface area contributed by atoms with Crippen LogP contribution in [-0.4, -0.2) is 42.3 Å². The first-order valence-electron chi connectivity index (χ1n) is 12.6. The summed E-state index contributed by atoms with van der Waals surface area (Å²) >= 11 is 0. The molecule has 2 aromatic rings. The van der Waals surface area contributed by atoms with E-state index in [9.17, 15) is 19.5 Å². The number of rotatable bonds is 9. The van der Waals surface area contributed by atoms with Gasteiger partial charge in [-0.25, -0.2) is 4.79 Å². The Morgan fingerprint density at radius 1 is 1.03 bits per heavy atom. The van der Waals surface area contributed by atoms with Gasteiger partial charge >= 0.3 is 12.1 Å². The van der Waals surface area contributed by atoms with E-state index in [0.717, 1.165) is 41.5 Å². The summed E-state index contributed by atoms with van der Waals surface area (Å²) < 4.78 is 5.61. The van der Waals surface area contributed by atoms with Crippen LogP contribution in [0.4, 0.5) is 4.79 Å². The average Bonchev–Trinajstić information content (AvgIpc) is 3.19. The lowest BCUT2D eigenvalue weighted by Gasteiger charge is -2.27. The molecule has 3 unspecified atom stereocenters. The quantitative estimate of drug-likeness (QED) is 0.485. The molecule has 0 aliphatic heterocycles. The molecule has 2 aromatic carbocycles. The molecule has 0 spiro atoms. The molecule has 0 aromatic heterocycles. The molecule has 1 saturated carbocycles. The van der Waals surface area contributed by atoms with E-state index in [1.54, 1.807) is 0 Å². The fourth-order valence-corrected chi connectivity index (χ4v) is 5.41. The zero-order valence-electron chi connectivity index (χ0n) is 20.2. The molecular weight excluding hydrogens is 444 g/mol. The molecule has 3 atom stereocenters. The number of aliphatic carboxylic acids is 1. The van der Waals surface area contributed by atoms with Gasteiger partial charge in [-0.3, -0.25) is 9.59 Å². The second kappa shape index (κ2) is 11.4. The molecule has 0 radical (unpaired) electrons. The van der Waals surface area contributed by atoms with Crippen LogP contribution in [0, 0.1) is 11.8 Å². The van der Waals surface area contributed by atoms with Gasteiger partial charge in [0.15, 0.2) is 0 Å². The lowest BCUT2D eigenvalue weighted by Crippen LogP contribution is -2.48. The summed E-state index contributed by atoms with van der Waals surface area (Å²) in [7, 11) is 0. The summed E-state index contributed by atoms with van der Waals surface area (Å²) in [5, 5.41) is 14.9. The molecule has 0 heterocycles. The van der Waals surface area contributed by atoms with Crippen LogP contribution in [0.5, 0.6) is 0 Å². The third kappa shape index (κ3) is 5.84. The minimum absolute atomic E-state index is 0.0416. The van der Waals surface area contributed by atoms with Gasteiger partial charge in [-0.15, -0.1) is 0 Å². The number of carboxylic acid groups (broad SMARTS) is 1. The van der Waals surface area contributed by atoms with Gasteiger partial charge in [0.1, 0.15) is 12.6 Å². The Hall–Kier alpha value is -3.35. The van der Waals surface area contributed by atoms with Crippen molar-refractivity contribution in [2.75, 3.05) is 13.2 Å². The number of ether oxygens (including phenoxy) is 1. The molecule has 3 N–H and O–H groups in total. The lowest BCUT2D eigenvalue weighted by molar-refractivity contribution is -0.143. The summed E-state index contributed by atoms with van der Waals surface area (Å²) in [6.07, 6.45) is 3.65. The van der Waals surface area contributed by atoms with Gasteiger partial charge in [0, 0.05) is 12.5 Å². The number of hydrogen-bond acceptors (Lipinski definition) is 4. The second-order valence-corrected chi connectivity index (χ2v) is 9.62. The largest absolute Gasteiger partial charge is 0.481 e. The third-order valence-corrected chi connectivity index (χ3v) is 7.23. The minimum atomic E-state index is -0.762. The molecular formula is C28H34N2O5. The van der Waals surface area contributed by atoms with Crippen LogP contribution < -0.4 is 10.6 Å². The van der Waals surface area contributed by atoms with Crippen molar-refractivity contribution in [3.8, 4) is 11.1 Å². The van der Waals surface area contributed by atoms with Crippen LogP contribution in [0.1, 0.15) is 62.5 Å². The highest BCUT2D eigenvalue weighted by Gasteiger charge is 2.30. The topological polar surface area (TPSA) is 105 Å². The van der Waals surface area contributed by atoms with Crippen LogP contribution in [0.15, 0.2) is 48.5 Å². The van der Waals surface area contributed by atoms with Crippen molar-refractivity contribution < 1.29 is 24.2 Å². The first kappa shape index (κ1) is 24.8. The highest BCUT2D eigenvalue weighted by Crippen LogP contribution is 2.44. The SMILES string of the molecule is CCCC(NC(=O)OCC1c2ccccc2-c2ccccc21)C(=O)NCC1CCCC(C(=O)O)C1. The van der Waals surface area contributed by atoms with E-state index in [1.807, 2.05) is 31.2 Å². The van der Waals surface area contributed by atoms with Crippen LogP contribution in [-0.2, 0) is 14.3 Å². The van der Waals surface area contributed by atoms with Gasteiger partial charge in [0.2, 0.25) is 5.91 Å². The number of carboxylic acids is 1. The number of nitrogens with one attached hydrogen (secondary N) is 2. The molecule has 2 aliphatic rings. The fourth-order valence-electron chi connectivity index (χ4n) is 5.41. The van der Waals surface area contributed by atoms with E-state index in [4.69, 9.17) is 4.74 Å². The molecule has 35 heavy (non-hydrogen) atoms. The Balaban J connectivity index is 1.31. The van der Waals surface area contributed by atoms with Crippen molar-refractivity contribution >= 4 is 18.0 Å². The molecule has 0 bridgehead atoms. The number of amides is 2. The maximum Gasteiger partial charge on any atom is 0.407 e. The van der Waals surface area contributed by atoms with Crippen LogP contribution >= 0.6 is 0 Å². The Kier molecular flexibility index (Phi) is 8.06. The van der Waals surface area contributed by atoms with Gasteiger partial charge < -0.3 is 20.5 Å². The van der Waals surface area contributed by atoms with E-state index >= 15 is 0 Å². The predicted octanol–water partition coefficient (Wildman–Crippen LogP) is 4.70. The van der Waals surface area contributed by atoms with E-state index in [2.05, 4.69) is 34.9 Å².